The van der Waals surface area contributed by atoms with E-state index >= 15 is 0 Å². The fraction of sp³-hybridized carbons (Fsp3) is 1.00. The van der Waals surface area contributed by atoms with E-state index in [1.165, 1.54) is 51.4 Å². The molecule has 0 saturated carbocycles. The normalized spacial score (nSPS) is 11.8. The number of ether oxygens (including phenoxy) is 1. The molecule has 0 amide bonds. The zero-order valence-electron chi connectivity index (χ0n) is 17.7. The summed E-state index contributed by atoms with van der Waals surface area (Å²) in [7, 11) is 0. The highest BCUT2D eigenvalue weighted by molar-refractivity contribution is 4.49. The standard InChI is InChI=1S/C21H46NO3.ClH/c1-4-14-22(15-17-23,16-18-24)20-25-19-12-10-8-6-5-7-9-11-13-21(2)3;/h21,23-24H,4-20H2,1-3H3;1H/q+1;/p-1. The van der Waals surface area contributed by atoms with Gasteiger partial charge in [0.15, 0.2) is 6.73 Å². The molecule has 0 aliphatic carbocycles. The number of hydrogen-bond acceptors (Lipinski definition) is 3. The number of hydrogen-bond donors (Lipinski definition) is 2. The van der Waals surface area contributed by atoms with Gasteiger partial charge in [-0.2, -0.15) is 0 Å². The molecule has 0 heterocycles. The lowest BCUT2D eigenvalue weighted by Crippen LogP contribution is -3.00. The van der Waals surface area contributed by atoms with Crippen molar-refractivity contribution in [1.82, 2.24) is 0 Å². The van der Waals surface area contributed by atoms with Crippen LogP contribution in [0.3, 0.4) is 0 Å². The third-order valence-corrected chi connectivity index (χ3v) is 5.03. The molecule has 0 radical (unpaired) electrons. The lowest BCUT2D eigenvalue weighted by Gasteiger charge is -2.37. The summed E-state index contributed by atoms with van der Waals surface area (Å²) in [6.45, 7) is 10.8. The van der Waals surface area contributed by atoms with Crippen LogP contribution < -0.4 is 12.4 Å². The first kappa shape index (κ1) is 28.3. The highest BCUT2D eigenvalue weighted by atomic mass is 35.5. The van der Waals surface area contributed by atoms with E-state index in [4.69, 9.17) is 4.74 Å². The van der Waals surface area contributed by atoms with Crippen molar-refractivity contribution in [3.8, 4) is 0 Å². The van der Waals surface area contributed by atoms with Gasteiger partial charge in [-0.05, 0) is 18.8 Å². The Hall–Kier alpha value is 0.130. The van der Waals surface area contributed by atoms with Gasteiger partial charge in [-0.15, -0.1) is 0 Å². The van der Waals surface area contributed by atoms with Gasteiger partial charge in [0.1, 0.15) is 13.1 Å². The van der Waals surface area contributed by atoms with Crippen LogP contribution in [0.5, 0.6) is 0 Å². The number of halogens is 1. The Bertz CT molecular complexity index is 261. The van der Waals surface area contributed by atoms with Crippen molar-refractivity contribution in [2.45, 2.75) is 85.0 Å². The maximum atomic E-state index is 9.31. The number of quaternary nitrogens is 1. The third-order valence-electron chi connectivity index (χ3n) is 5.03. The molecule has 0 atom stereocenters. The summed E-state index contributed by atoms with van der Waals surface area (Å²) in [5.74, 6) is 0.851. The van der Waals surface area contributed by atoms with E-state index in [-0.39, 0.29) is 25.6 Å². The van der Waals surface area contributed by atoms with Gasteiger partial charge in [0.25, 0.3) is 0 Å². The zero-order valence-corrected chi connectivity index (χ0v) is 18.5. The lowest BCUT2D eigenvalue weighted by atomic mass is 10.0. The number of aliphatic hydroxyl groups is 2. The second-order valence-corrected chi connectivity index (χ2v) is 8.01. The smallest absolute Gasteiger partial charge is 0.183 e. The van der Waals surface area contributed by atoms with Crippen molar-refractivity contribution in [2.75, 3.05) is 46.2 Å². The predicted octanol–water partition coefficient (Wildman–Crippen LogP) is 1.34. The van der Waals surface area contributed by atoms with Crippen LogP contribution in [0.4, 0.5) is 0 Å². The molecule has 0 rings (SSSR count). The van der Waals surface area contributed by atoms with Crippen LogP contribution in [0.25, 0.3) is 0 Å². The average Bonchev–Trinajstić information content (AvgIpc) is 2.56. The van der Waals surface area contributed by atoms with Crippen LogP contribution in [0.1, 0.15) is 85.0 Å². The van der Waals surface area contributed by atoms with Crippen molar-refractivity contribution in [1.29, 1.82) is 0 Å². The molecule has 0 saturated heterocycles. The van der Waals surface area contributed by atoms with E-state index in [1.807, 2.05) is 0 Å². The van der Waals surface area contributed by atoms with Crippen LogP contribution in [-0.4, -0.2) is 60.9 Å². The maximum absolute atomic E-state index is 9.31. The molecule has 0 unspecified atom stereocenters. The zero-order chi connectivity index (χ0) is 18.8. The Morgan fingerprint density at radius 1 is 0.769 bits per heavy atom. The van der Waals surface area contributed by atoms with E-state index < -0.39 is 0 Å². The van der Waals surface area contributed by atoms with Gasteiger partial charge in [-0.1, -0.05) is 72.1 Å². The quantitative estimate of drug-likeness (QED) is 0.197. The van der Waals surface area contributed by atoms with Crippen molar-refractivity contribution in [3.63, 3.8) is 0 Å². The molecule has 0 aromatic rings. The van der Waals surface area contributed by atoms with E-state index in [0.717, 1.165) is 31.9 Å². The maximum Gasteiger partial charge on any atom is 0.183 e. The molecule has 0 aliphatic heterocycles. The molecule has 0 bridgehead atoms. The minimum absolute atomic E-state index is 0. The van der Waals surface area contributed by atoms with Gasteiger partial charge in [0, 0.05) is 0 Å². The molecular formula is C21H46ClNO3. The molecule has 0 aliphatic rings. The summed E-state index contributed by atoms with van der Waals surface area (Å²) < 4.78 is 6.57. The summed E-state index contributed by atoms with van der Waals surface area (Å²) in [5.41, 5.74) is 0. The largest absolute Gasteiger partial charge is 1.00 e. The number of aliphatic hydroxyl groups excluding tert-OH is 2. The fourth-order valence-electron chi connectivity index (χ4n) is 3.50. The SMILES string of the molecule is CCC[N+](CCO)(CCO)COCCCCCCCCCCC(C)C.[Cl-]. The van der Waals surface area contributed by atoms with Gasteiger partial charge in [-0.3, -0.25) is 4.48 Å². The number of nitrogens with zero attached hydrogens (tertiary/aromatic N) is 1. The molecule has 26 heavy (non-hydrogen) atoms. The van der Waals surface area contributed by atoms with Crippen molar-refractivity contribution < 1.29 is 31.8 Å². The minimum Gasteiger partial charge on any atom is -1.00 e. The van der Waals surface area contributed by atoms with Gasteiger partial charge in [0.05, 0.1) is 26.4 Å². The second-order valence-electron chi connectivity index (χ2n) is 8.01. The van der Waals surface area contributed by atoms with E-state index in [2.05, 4.69) is 20.8 Å². The highest BCUT2D eigenvalue weighted by Crippen LogP contribution is 2.13. The monoisotopic (exact) mass is 395 g/mol. The van der Waals surface area contributed by atoms with Gasteiger partial charge >= 0.3 is 0 Å². The summed E-state index contributed by atoms with van der Waals surface area (Å²) >= 11 is 0. The Kier molecular flexibility index (Phi) is 21.7. The van der Waals surface area contributed by atoms with Gasteiger partial charge in [0.2, 0.25) is 0 Å². The molecular weight excluding hydrogens is 350 g/mol. The molecule has 0 fully saturated rings. The fourth-order valence-corrected chi connectivity index (χ4v) is 3.50. The first-order valence-electron chi connectivity index (χ1n) is 10.7. The molecule has 160 valence electrons. The van der Waals surface area contributed by atoms with Crippen LogP contribution in [0.15, 0.2) is 0 Å². The summed E-state index contributed by atoms with van der Waals surface area (Å²) in [4.78, 5) is 0. The summed E-state index contributed by atoms with van der Waals surface area (Å²) in [5, 5.41) is 18.6. The van der Waals surface area contributed by atoms with Crippen LogP contribution in [0, 0.1) is 5.92 Å². The first-order valence-corrected chi connectivity index (χ1v) is 10.7. The van der Waals surface area contributed by atoms with Crippen molar-refractivity contribution >= 4 is 0 Å². The van der Waals surface area contributed by atoms with E-state index in [1.54, 1.807) is 0 Å². The van der Waals surface area contributed by atoms with Crippen molar-refractivity contribution in [2.24, 2.45) is 5.92 Å². The predicted molar refractivity (Wildman–Crippen MR) is 107 cm³/mol. The molecule has 2 N–H and O–H groups in total. The van der Waals surface area contributed by atoms with Gasteiger partial charge in [-0.25, -0.2) is 0 Å². The lowest BCUT2D eigenvalue weighted by molar-refractivity contribution is -0.946. The second kappa shape index (κ2) is 19.9. The Balaban J connectivity index is 0. The molecule has 0 aromatic carbocycles. The molecule has 4 nitrogen and oxygen atoms in total. The van der Waals surface area contributed by atoms with Crippen LogP contribution >= 0.6 is 0 Å². The van der Waals surface area contributed by atoms with E-state index in [9.17, 15) is 10.2 Å². The van der Waals surface area contributed by atoms with Crippen molar-refractivity contribution in [3.05, 3.63) is 0 Å². The first-order chi connectivity index (χ1) is 12.1. The third kappa shape index (κ3) is 16.3. The Morgan fingerprint density at radius 3 is 1.73 bits per heavy atom. The summed E-state index contributed by atoms with van der Waals surface area (Å²) in [6, 6.07) is 0. The molecule has 0 spiro atoms. The summed E-state index contributed by atoms with van der Waals surface area (Å²) in [6.07, 6.45) is 13.0. The molecule has 5 heteroatoms. The van der Waals surface area contributed by atoms with E-state index in [0.29, 0.717) is 24.3 Å². The minimum atomic E-state index is 0. The Morgan fingerprint density at radius 2 is 1.27 bits per heavy atom. The Labute approximate surface area is 169 Å². The number of rotatable bonds is 19. The molecule has 0 aromatic heterocycles. The highest BCUT2D eigenvalue weighted by Gasteiger charge is 2.25. The van der Waals surface area contributed by atoms with Crippen LogP contribution in [0.2, 0.25) is 0 Å². The number of unbranched alkanes of at least 4 members (excludes halogenated alkanes) is 7. The van der Waals surface area contributed by atoms with Gasteiger partial charge < -0.3 is 27.4 Å². The van der Waals surface area contributed by atoms with Crippen LogP contribution in [-0.2, 0) is 4.74 Å². The average molecular weight is 396 g/mol. The topological polar surface area (TPSA) is 49.7 Å².